The van der Waals surface area contributed by atoms with Crippen LogP contribution in [0.4, 0.5) is 5.69 Å². The van der Waals surface area contributed by atoms with E-state index in [1.807, 2.05) is 6.20 Å². The zero-order valence-corrected chi connectivity index (χ0v) is 14.1. The number of hydrogen-bond acceptors (Lipinski definition) is 4. The molecule has 114 valence electrons. The van der Waals surface area contributed by atoms with E-state index in [0.717, 1.165) is 30.3 Å². The Morgan fingerprint density at radius 3 is 2.25 bits per heavy atom. The lowest BCUT2D eigenvalue weighted by Crippen LogP contribution is -2.33. The highest BCUT2D eigenvalue weighted by atomic mass is 15.2. The first-order valence-corrected chi connectivity index (χ1v) is 7.72. The van der Waals surface area contributed by atoms with Crippen LogP contribution in [0, 0.1) is 0 Å². The molecule has 1 rings (SSSR count). The van der Waals surface area contributed by atoms with Crippen LogP contribution in [-0.2, 0) is 6.54 Å². The zero-order valence-electron chi connectivity index (χ0n) is 14.1. The molecule has 0 amide bonds. The monoisotopic (exact) mass is 278 g/mol. The Bertz CT molecular complexity index is 413. The summed E-state index contributed by atoms with van der Waals surface area (Å²) in [5.74, 6) is 1.28. The minimum Gasteiger partial charge on any atom is -0.367 e. The summed E-state index contributed by atoms with van der Waals surface area (Å²) in [6, 6.07) is 0.903. The smallest absolute Gasteiger partial charge is 0.131 e. The van der Waals surface area contributed by atoms with Gasteiger partial charge in [0, 0.05) is 31.1 Å². The lowest BCUT2D eigenvalue weighted by molar-refractivity contribution is 0.573. The van der Waals surface area contributed by atoms with Crippen molar-refractivity contribution in [3.63, 3.8) is 0 Å². The maximum absolute atomic E-state index is 4.78. The van der Waals surface area contributed by atoms with Gasteiger partial charge in [-0.05, 0) is 20.8 Å². The highest BCUT2D eigenvalue weighted by Crippen LogP contribution is 2.22. The van der Waals surface area contributed by atoms with Gasteiger partial charge in [0.2, 0.25) is 0 Å². The van der Waals surface area contributed by atoms with E-state index >= 15 is 0 Å². The van der Waals surface area contributed by atoms with Gasteiger partial charge in [0.25, 0.3) is 0 Å². The van der Waals surface area contributed by atoms with Gasteiger partial charge in [-0.15, -0.1) is 0 Å². The van der Waals surface area contributed by atoms with E-state index < -0.39 is 0 Å². The fraction of sp³-hybridized carbons (Fsp3) is 0.750. The Balaban J connectivity index is 3.13. The molecule has 1 N–H and O–H groups in total. The van der Waals surface area contributed by atoms with Crippen LogP contribution in [0.2, 0.25) is 0 Å². The molecule has 4 nitrogen and oxygen atoms in total. The molecule has 0 saturated carbocycles. The molecule has 1 aromatic heterocycles. The van der Waals surface area contributed by atoms with Gasteiger partial charge in [-0.3, -0.25) is 0 Å². The van der Waals surface area contributed by atoms with Gasteiger partial charge < -0.3 is 10.2 Å². The van der Waals surface area contributed by atoms with Gasteiger partial charge in [0.1, 0.15) is 5.82 Å². The number of nitrogens with one attached hydrogen (secondary N) is 1. The number of rotatable bonds is 7. The van der Waals surface area contributed by atoms with Gasteiger partial charge in [-0.2, -0.15) is 0 Å². The molecule has 0 atom stereocenters. The summed E-state index contributed by atoms with van der Waals surface area (Å²) in [5, 5.41) is 3.47. The fourth-order valence-corrected chi connectivity index (χ4v) is 2.19. The van der Waals surface area contributed by atoms with E-state index in [2.05, 4.69) is 63.7 Å². The van der Waals surface area contributed by atoms with Crippen molar-refractivity contribution in [2.24, 2.45) is 0 Å². The van der Waals surface area contributed by atoms with Gasteiger partial charge in [0.05, 0.1) is 17.6 Å². The Labute approximate surface area is 124 Å². The van der Waals surface area contributed by atoms with Gasteiger partial charge in [-0.25, -0.2) is 9.97 Å². The molecular formula is C16H30N4. The van der Waals surface area contributed by atoms with E-state index in [9.17, 15) is 0 Å². The first kappa shape index (κ1) is 16.9. The highest BCUT2D eigenvalue weighted by Gasteiger charge is 2.16. The number of anilines is 1. The summed E-state index contributed by atoms with van der Waals surface area (Å²) in [6.07, 6.45) is 1.99. The molecule has 0 aliphatic heterocycles. The summed E-state index contributed by atoms with van der Waals surface area (Å²) >= 11 is 0. The first-order valence-electron chi connectivity index (χ1n) is 7.72. The normalized spacial score (nSPS) is 11.7. The predicted octanol–water partition coefficient (Wildman–Crippen LogP) is 3.33. The van der Waals surface area contributed by atoms with E-state index in [-0.39, 0.29) is 0 Å². The third-order valence-electron chi connectivity index (χ3n) is 3.33. The van der Waals surface area contributed by atoms with Crippen LogP contribution in [0.5, 0.6) is 0 Å². The van der Waals surface area contributed by atoms with E-state index in [1.165, 1.54) is 0 Å². The van der Waals surface area contributed by atoms with Crippen LogP contribution < -0.4 is 10.2 Å². The minimum atomic E-state index is 0.357. The molecule has 0 aromatic carbocycles. The Hall–Kier alpha value is -1.16. The van der Waals surface area contributed by atoms with Crippen molar-refractivity contribution < 1.29 is 0 Å². The quantitative estimate of drug-likeness (QED) is 0.830. The van der Waals surface area contributed by atoms with Gasteiger partial charge >= 0.3 is 0 Å². The molecule has 0 aliphatic rings. The first-order chi connectivity index (χ1) is 9.36. The molecule has 0 radical (unpaired) electrons. The second-order valence-corrected chi connectivity index (χ2v) is 6.13. The van der Waals surface area contributed by atoms with Crippen LogP contribution in [0.1, 0.15) is 65.9 Å². The summed E-state index contributed by atoms with van der Waals surface area (Å²) in [5.41, 5.74) is 2.26. The highest BCUT2D eigenvalue weighted by molar-refractivity contribution is 5.50. The summed E-state index contributed by atoms with van der Waals surface area (Å²) in [4.78, 5) is 11.7. The van der Waals surface area contributed by atoms with Crippen LogP contribution in [0.25, 0.3) is 0 Å². The van der Waals surface area contributed by atoms with E-state index in [4.69, 9.17) is 4.98 Å². The topological polar surface area (TPSA) is 41.1 Å². The lowest BCUT2D eigenvalue weighted by atomic mass is 10.2. The molecule has 4 heteroatoms. The maximum atomic E-state index is 4.78. The summed E-state index contributed by atoms with van der Waals surface area (Å²) in [6.45, 7) is 16.9. The molecule has 0 aliphatic carbocycles. The van der Waals surface area contributed by atoms with Crippen LogP contribution >= 0.6 is 0 Å². The molecule has 0 spiro atoms. The van der Waals surface area contributed by atoms with Crippen molar-refractivity contribution in [1.29, 1.82) is 0 Å². The molecule has 0 unspecified atom stereocenters. The number of nitrogens with zero attached hydrogens (tertiary/aromatic N) is 3. The van der Waals surface area contributed by atoms with Gasteiger partial charge in [0.15, 0.2) is 0 Å². The van der Waals surface area contributed by atoms with E-state index in [1.54, 1.807) is 0 Å². The van der Waals surface area contributed by atoms with Crippen molar-refractivity contribution >= 4 is 5.69 Å². The second-order valence-electron chi connectivity index (χ2n) is 6.13. The number of aromatic nitrogens is 2. The van der Waals surface area contributed by atoms with Crippen molar-refractivity contribution in [2.45, 2.75) is 73.0 Å². The standard InChI is InChI=1S/C16H30N4/c1-8-20(13(6)7)15-10-18-16(11(2)3)19-14(15)9-17-12(4)5/h10-13,17H,8-9H2,1-7H3. The fourth-order valence-electron chi connectivity index (χ4n) is 2.19. The van der Waals surface area contributed by atoms with Crippen molar-refractivity contribution in [2.75, 3.05) is 11.4 Å². The van der Waals surface area contributed by atoms with Crippen LogP contribution in [0.3, 0.4) is 0 Å². The third-order valence-corrected chi connectivity index (χ3v) is 3.33. The molecular weight excluding hydrogens is 248 g/mol. The summed E-state index contributed by atoms with van der Waals surface area (Å²) < 4.78 is 0. The van der Waals surface area contributed by atoms with Gasteiger partial charge in [-0.1, -0.05) is 27.7 Å². The largest absolute Gasteiger partial charge is 0.367 e. The Morgan fingerprint density at radius 1 is 1.15 bits per heavy atom. The average molecular weight is 278 g/mol. The molecule has 20 heavy (non-hydrogen) atoms. The molecule has 0 bridgehead atoms. The SMILES string of the molecule is CCN(c1cnc(C(C)C)nc1CNC(C)C)C(C)C. The lowest BCUT2D eigenvalue weighted by Gasteiger charge is -2.29. The van der Waals surface area contributed by atoms with E-state index in [0.29, 0.717) is 18.0 Å². The molecule has 0 saturated heterocycles. The molecule has 0 fully saturated rings. The second kappa shape index (κ2) is 7.58. The molecule has 1 aromatic rings. The third kappa shape index (κ3) is 4.44. The average Bonchev–Trinajstić information content (AvgIpc) is 2.37. The van der Waals surface area contributed by atoms with Crippen LogP contribution in [0.15, 0.2) is 6.20 Å². The summed E-state index contributed by atoms with van der Waals surface area (Å²) in [7, 11) is 0. The van der Waals surface area contributed by atoms with Crippen molar-refractivity contribution in [1.82, 2.24) is 15.3 Å². The predicted molar refractivity (Wildman–Crippen MR) is 86.3 cm³/mol. The minimum absolute atomic E-state index is 0.357. The molecule has 1 heterocycles. The Morgan fingerprint density at radius 2 is 1.80 bits per heavy atom. The van der Waals surface area contributed by atoms with Crippen molar-refractivity contribution in [3.05, 3.63) is 17.7 Å². The Kier molecular flexibility index (Phi) is 6.40. The van der Waals surface area contributed by atoms with Crippen LogP contribution in [-0.4, -0.2) is 28.6 Å². The zero-order chi connectivity index (χ0) is 15.3. The number of hydrogen-bond donors (Lipinski definition) is 1. The maximum Gasteiger partial charge on any atom is 0.131 e. The van der Waals surface area contributed by atoms with Crippen molar-refractivity contribution in [3.8, 4) is 0 Å².